The van der Waals surface area contributed by atoms with Crippen LogP contribution in [0.2, 0.25) is 0 Å². The van der Waals surface area contributed by atoms with Crippen LogP contribution >= 0.6 is 0 Å². The van der Waals surface area contributed by atoms with Crippen LogP contribution in [0, 0.1) is 11.8 Å². The zero-order valence-electron chi connectivity index (χ0n) is 34.2. The fourth-order valence-electron chi connectivity index (χ4n) is 9.80. The average molecular weight is 805 g/mol. The molecule has 15 nitrogen and oxygen atoms in total. The van der Waals surface area contributed by atoms with Gasteiger partial charge in [-0.25, -0.2) is 9.97 Å². The SMILES string of the molecule is CC(C)Oc1ccc2[nH]nc(-c3cc(N4CCN(CCN5CCC(CC6CCN(c7ccc8c(c7)C(=O)N(C7CCC(=O)NC7O)C8=O)CC6)CC5)CC4)ncn3)c2c1. The minimum absolute atomic E-state index is 0.0942. The van der Waals surface area contributed by atoms with E-state index < -0.39 is 24.1 Å². The van der Waals surface area contributed by atoms with Crippen LogP contribution in [0.25, 0.3) is 22.3 Å². The van der Waals surface area contributed by atoms with E-state index in [1.807, 2.05) is 44.2 Å². The number of carbonyl (C=O) groups excluding carboxylic acids is 3. The molecule has 59 heavy (non-hydrogen) atoms. The summed E-state index contributed by atoms with van der Waals surface area (Å²) in [6.07, 6.45) is 6.98. The summed E-state index contributed by atoms with van der Waals surface area (Å²) < 4.78 is 5.93. The fraction of sp³-hybridized carbons (Fsp3) is 0.545. The van der Waals surface area contributed by atoms with Crippen molar-refractivity contribution in [2.24, 2.45) is 11.8 Å². The molecule has 5 aliphatic rings. The molecule has 0 bridgehead atoms. The van der Waals surface area contributed by atoms with E-state index in [1.165, 1.54) is 32.4 Å². The predicted molar refractivity (Wildman–Crippen MR) is 224 cm³/mol. The van der Waals surface area contributed by atoms with Crippen molar-refractivity contribution in [2.45, 2.75) is 77.2 Å². The lowest BCUT2D eigenvalue weighted by molar-refractivity contribution is -0.129. The van der Waals surface area contributed by atoms with Crippen molar-refractivity contribution in [3.63, 3.8) is 0 Å². The molecule has 15 heteroatoms. The Bertz CT molecular complexity index is 2170. The highest BCUT2D eigenvalue weighted by Gasteiger charge is 2.44. The number of ether oxygens (including phenoxy) is 1. The van der Waals surface area contributed by atoms with E-state index in [0.717, 1.165) is 116 Å². The maximum atomic E-state index is 13.4. The molecule has 5 aliphatic heterocycles. The summed E-state index contributed by atoms with van der Waals surface area (Å²) in [4.78, 5) is 58.6. The highest BCUT2D eigenvalue weighted by Crippen LogP contribution is 2.35. The standard InChI is InChI=1S/C44H56N10O5/c1-28(2)59-32-4-6-36-35(25-32)41(49-48-36)37-26-39(46-27-45-37)53-21-19-51(20-22-53)18-17-50-13-9-29(10-14-50)23-30-11-15-52(16-12-30)31-3-5-33-34(24-31)44(58)54(43(33)57)38-7-8-40(55)47-42(38)56/h3-6,24-30,38,42,56H,7-23H2,1-2H3,(H,47,55)(H,48,49). The summed E-state index contributed by atoms with van der Waals surface area (Å²) >= 11 is 0. The van der Waals surface area contributed by atoms with Crippen LogP contribution in [0.5, 0.6) is 5.75 Å². The predicted octanol–water partition coefficient (Wildman–Crippen LogP) is 4.14. The van der Waals surface area contributed by atoms with Gasteiger partial charge in [0.2, 0.25) is 5.91 Å². The van der Waals surface area contributed by atoms with Crippen molar-refractivity contribution >= 4 is 40.1 Å². The highest BCUT2D eigenvalue weighted by atomic mass is 16.5. The summed E-state index contributed by atoms with van der Waals surface area (Å²) in [6, 6.07) is 12.8. The Hall–Kier alpha value is -5.12. The lowest BCUT2D eigenvalue weighted by Crippen LogP contribution is -2.57. The number of aliphatic hydroxyl groups excluding tert-OH is 1. The lowest BCUT2D eigenvalue weighted by atomic mass is 9.82. The first-order chi connectivity index (χ1) is 28.7. The molecule has 9 rings (SSSR count). The van der Waals surface area contributed by atoms with Gasteiger partial charge in [0, 0.05) is 75.9 Å². The van der Waals surface area contributed by atoms with Gasteiger partial charge in [0.15, 0.2) is 0 Å². The van der Waals surface area contributed by atoms with Gasteiger partial charge in [0.05, 0.1) is 34.5 Å². The molecule has 4 fully saturated rings. The van der Waals surface area contributed by atoms with Crippen LogP contribution in [0.1, 0.15) is 79.5 Å². The quantitative estimate of drug-likeness (QED) is 0.186. The number of hydrogen-bond acceptors (Lipinski definition) is 12. The molecular formula is C44H56N10O5. The first-order valence-electron chi connectivity index (χ1n) is 21.6. The number of H-pyrrole nitrogens is 1. The van der Waals surface area contributed by atoms with E-state index in [1.54, 1.807) is 12.4 Å². The van der Waals surface area contributed by atoms with Crippen molar-refractivity contribution in [1.82, 2.24) is 40.2 Å². The van der Waals surface area contributed by atoms with Crippen LogP contribution in [0.4, 0.5) is 11.5 Å². The van der Waals surface area contributed by atoms with Crippen LogP contribution in [-0.4, -0.2) is 142 Å². The highest BCUT2D eigenvalue weighted by molar-refractivity contribution is 6.22. The number of anilines is 2. The molecule has 4 aromatic rings. The molecule has 2 unspecified atom stereocenters. The molecular weight excluding hydrogens is 749 g/mol. The molecule has 4 saturated heterocycles. The number of fused-ring (bicyclic) bond motifs is 2. The van der Waals surface area contributed by atoms with Crippen molar-refractivity contribution < 1.29 is 24.2 Å². The normalized spacial score (nSPS) is 22.8. The Morgan fingerprint density at radius 3 is 2.22 bits per heavy atom. The molecule has 2 atom stereocenters. The molecule has 0 aliphatic carbocycles. The minimum Gasteiger partial charge on any atom is -0.491 e. The van der Waals surface area contributed by atoms with Crippen molar-refractivity contribution in [2.75, 3.05) is 75.2 Å². The molecule has 2 aromatic heterocycles. The number of amides is 3. The third-order valence-electron chi connectivity index (χ3n) is 13.2. The summed E-state index contributed by atoms with van der Waals surface area (Å²) in [5.41, 5.74) is 4.28. The monoisotopic (exact) mass is 804 g/mol. The summed E-state index contributed by atoms with van der Waals surface area (Å²) in [6.45, 7) is 14.4. The summed E-state index contributed by atoms with van der Waals surface area (Å²) in [5.74, 6) is 2.17. The van der Waals surface area contributed by atoms with Gasteiger partial charge in [0.1, 0.15) is 29.8 Å². The largest absolute Gasteiger partial charge is 0.491 e. The maximum absolute atomic E-state index is 13.4. The Labute approximate surface area is 345 Å². The second-order valence-corrected chi connectivity index (χ2v) is 17.3. The number of rotatable bonds is 11. The topological polar surface area (TPSA) is 163 Å². The van der Waals surface area contributed by atoms with Crippen molar-refractivity contribution in [1.29, 1.82) is 0 Å². The minimum atomic E-state index is -1.25. The third kappa shape index (κ3) is 8.37. The van der Waals surface area contributed by atoms with Gasteiger partial charge in [-0.1, -0.05) is 0 Å². The van der Waals surface area contributed by atoms with E-state index in [-0.39, 0.29) is 24.9 Å². The Kier molecular flexibility index (Phi) is 11.2. The Balaban J connectivity index is 0.694. The Morgan fingerprint density at radius 1 is 0.780 bits per heavy atom. The molecule has 3 amide bonds. The van der Waals surface area contributed by atoms with Gasteiger partial charge in [-0.15, -0.1) is 0 Å². The first kappa shape index (κ1) is 39.3. The number of likely N-dealkylation sites (tertiary alicyclic amines) is 1. The number of benzene rings is 2. The number of piperidine rings is 3. The lowest BCUT2D eigenvalue weighted by Gasteiger charge is -2.39. The third-order valence-corrected chi connectivity index (χ3v) is 13.2. The van der Waals surface area contributed by atoms with Gasteiger partial charge in [-0.2, -0.15) is 5.10 Å². The fourth-order valence-corrected chi connectivity index (χ4v) is 9.80. The molecule has 0 spiro atoms. The van der Waals surface area contributed by atoms with Crippen LogP contribution in [0.15, 0.2) is 48.8 Å². The van der Waals surface area contributed by atoms with Gasteiger partial charge < -0.3 is 29.9 Å². The molecule has 312 valence electrons. The van der Waals surface area contributed by atoms with Crippen LogP contribution in [-0.2, 0) is 4.79 Å². The van der Waals surface area contributed by atoms with E-state index in [2.05, 4.69) is 51.1 Å². The van der Waals surface area contributed by atoms with Gasteiger partial charge >= 0.3 is 0 Å². The van der Waals surface area contributed by atoms with Gasteiger partial charge in [0.25, 0.3) is 11.8 Å². The number of nitrogens with zero attached hydrogens (tertiary/aromatic N) is 8. The van der Waals surface area contributed by atoms with Crippen LogP contribution in [0.3, 0.4) is 0 Å². The van der Waals surface area contributed by atoms with Gasteiger partial charge in [-0.3, -0.25) is 29.3 Å². The number of aromatic amines is 1. The number of aromatic nitrogens is 4. The smallest absolute Gasteiger partial charge is 0.262 e. The zero-order chi connectivity index (χ0) is 40.6. The second-order valence-electron chi connectivity index (χ2n) is 17.3. The van der Waals surface area contributed by atoms with E-state index >= 15 is 0 Å². The molecule has 0 radical (unpaired) electrons. The molecule has 3 N–H and O–H groups in total. The van der Waals surface area contributed by atoms with Gasteiger partial charge in [-0.05, 0) is 114 Å². The molecule has 7 heterocycles. The molecule has 0 saturated carbocycles. The Morgan fingerprint density at radius 2 is 1.49 bits per heavy atom. The zero-order valence-corrected chi connectivity index (χ0v) is 34.2. The number of nitrogens with one attached hydrogen (secondary N) is 2. The first-order valence-corrected chi connectivity index (χ1v) is 21.6. The van der Waals surface area contributed by atoms with E-state index in [9.17, 15) is 19.5 Å². The number of hydrogen-bond donors (Lipinski definition) is 3. The second kappa shape index (κ2) is 16.9. The number of carbonyl (C=O) groups is 3. The number of imide groups is 1. The average Bonchev–Trinajstić information content (AvgIpc) is 3.78. The summed E-state index contributed by atoms with van der Waals surface area (Å²) in [7, 11) is 0. The van der Waals surface area contributed by atoms with E-state index in [4.69, 9.17) is 4.74 Å². The summed E-state index contributed by atoms with van der Waals surface area (Å²) in [5, 5.41) is 21.6. The van der Waals surface area contributed by atoms with Crippen molar-refractivity contribution in [3.8, 4) is 17.1 Å². The van der Waals surface area contributed by atoms with Crippen LogP contribution < -0.4 is 19.9 Å². The molecule has 2 aromatic carbocycles. The number of aliphatic hydroxyl groups is 1. The number of piperazine rings is 1. The maximum Gasteiger partial charge on any atom is 0.262 e. The van der Waals surface area contributed by atoms with Crippen molar-refractivity contribution in [3.05, 3.63) is 59.9 Å². The van der Waals surface area contributed by atoms with E-state index in [0.29, 0.717) is 17.0 Å².